The summed E-state index contributed by atoms with van der Waals surface area (Å²) in [6.45, 7) is 1.50. The van der Waals surface area contributed by atoms with E-state index in [0.717, 1.165) is 38.4 Å². The first kappa shape index (κ1) is 14.6. The van der Waals surface area contributed by atoms with Gasteiger partial charge in [-0.15, -0.1) is 0 Å². The summed E-state index contributed by atoms with van der Waals surface area (Å²) in [5.41, 5.74) is 1.75. The number of rotatable bonds is 3. The Kier molecular flexibility index (Phi) is 4.17. The van der Waals surface area contributed by atoms with Crippen molar-refractivity contribution in [3.8, 4) is 0 Å². The molecule has 0 radical (unpaired) electrons. The number of alkyl halides is 3. The zero-order valence-electron chi connectivity index (χ0n) is 10.7. The monoisotopic (exact) mass is 288 g/mol. The highest BCUT2D eigenvalue weighted by Gasteiger charge is 2.32. The number of piperidine rings is 1. The second kappa shape index (κ2) is 5.70. The minimum absolute atomic E-state index is 0.187. The van der Waals surface area contributed by atoms with Crippen LogP contribution in [-0.2, 0) is 6.18 Å². The van der Waals surface area contributed by atoms with Gasteiger partial charge in [0.2, 0.25) is 0 Å². The Labute approximate surface area is 114 Å². The maximum Gasteiger partial charge on any atom is 0.416 e. The first-order chi connectivity index (χ1) is 9.38. The van der Waals surface area contributed by atoms with E-state index in [4.69, 9.17) is 5.11 Å². The molecule has 0 bridgehead atoms. The zero-order valence-corrected chi connectivity index (χ0v) is 10.7. The van der Waals surface area contributed by atoms with Gasteiger partial charge in [0.1, 0.15) is 0 Å². The predicted octanol–water partition coefficient (Wildman–Crippen LogP) is 3.22. The lowest BCUT2D eigenvalue weighted by atomic mass is 10.1. The number of carbonyl (C=O) groups is 1. The van der Waals surface area contributed by atoms with Gasteiger partial charge in [0.05, 0.1) is 16.8 Å². The molecule has 1 aliphatic rings. The van der Waals surface area contributed by atoms with Crippen LogP contribution >= 0.6 is 0 Å². The number of nitrogens with one attached hydrogen (secondary N) is 1. The van der Waals surface area contributed by atoms with Gasteiger partial charge in [-0.2, -0.15) is 13.2 Å². The van der Waals surface area contributed by atoms with E-state index in [1.54, 1.807) is 0 Å². The first-order valence-electron chi connectivity index (χ1n) is 6.34. The molecule has 4 nitrogen and oxygen atoms in total. The van der Waals surface area contributed by atoms with Crippen molar-refractivity contribution in [3.63, 3.8) is 0 Å². The van der Waals surface area contributed by atoms with E-state index >= 15 is 0 Å². The molecule has 0 saturated carbocycles. The topological polar surface area (TPSA) is 52.6 Å². The van der Waals surface area contributed by atoms with Crippen molar-refractivity contribution in [3.05, 3.63) is 29.3 Å². The number of nitrogens with zero attached hydrogens (tertiary/aromatic N) is 1. The lowest BCUT2D eigenvalue weighted by Gasteiger charge is -2.28. The van der Waals surface area contributed by atoms with Crippen LogP contribution in [0.1, 0.15) is 35.2 Å². The molecule has 1 heterocycles. The molecule has 2 N–H and O–H groups in total. The summed E-state index contributed by atoms with van der Waals surface area (Å²) in [7, 11) is 0. The Bertz CT molecular complexity index is 497. The van der Waals surface area contributed by atoms with Gasteiger partial charge in [-0.25, -0.2) is 9.80 Å². The fourth-order valence-electron chi connectivity index (χ4n) is 2.17. The number of halogens is 3. The van der Waals surface area contributed by atoms with Crippen LogP contribution in [0.4, 0.5) is 18.9 Å². The molecule has 1 saturated heterocycles. The van der Waals surface area contributed by atoms with E-state index in [9.17, 15) is 18.0 Å². The SMILES string of the molecule is O=C(O)c1cc(C(F)(F)F)ccc1NN1CCCCC1. The smallest absolute Gasteiger partial charge is 0.416 e. The minimum Gasteiger partial charge on any atom is -0.478 e. The summed E-state index contributed by atoms with van der Waals surface area (Å²) in [4.78, 5) is 11.1. The van der Waals surface area contributed by atoms with Crippen LogP contribution in [0.3, 0.4) is 0 Å². The van der Waals surface area contributed by atoms with Crippen molar-refractivity contribution >= 4 is 11.7 Å². The van der Waals surface area contributed by atoms with Gasteiger partial charge in [-0.05, 0) is 31.0 Å². The molecule has 0 atom stereocenters. The fraction of sp³-hybridized carbons (Fsp3) is 0.462. The second-order valence-corrected chi connectivity index (χ2v) is 4.72. The Hall–Kier alpha value is -1.76. The summed E-state index contributed by atoms with van der Waals surface area (Å²) in [5, 5.41) is 10.9. The third-order valence-electron chi connectivity index (χ3n) is 3.21. The van der Waals surface area contributed by atoms with Gasteiger partial charge in [0.15, 0.2) is 0 Å². The van der Waals surface area contributed by atoms with Crippen molar-refractivity contribution in [1.29, 1.82) is 0 Å². The molecule has 1 fully saturated rings. The standard InChI is InChI=1S/C13H15F3N2O2/c14-13(15,16)9-4-5-11(10(8-9)12(19)20)17-18-6-2-1-3-7-18/h4-5,8,17H,1-3,6-7H2,(H,19,20). The van der Waals surface area contributed by atoms with E-state index in [1.807, 2.05) is 5.01 Å². The molecule has 2 rings (SSSR count). The number of hydrogen-bond acceptors (Lipinski definition) is 3. The number of hydrogen-bond donors (Lipinski definition) is 2. The Balaban J connectivity index is 2.25. The first-order valence-corrected chi connectivity index (χ1v) is 6.34. The number of carboxylic acid groups (broad SMARTS) is 1. The molecule has 1 aliphatic heterocycles. The number of carboxylic acids is 1. The Morgan fingerprint density at radius 3 is 2.40 bits per heavy atom. The number of aromatic carboxylic acids is 1. The second-order valence-electron chi connectivity index (χ2n) is 4.72. The van der Waals surface area contributed by atoms with E-state index in [-0.39, 0.29) is 11.3 Å². The molecular weight excluding hydrogens is 273 g/mol. The third kappa shape index (κ3) is 3.41. The van der Waals surface area contributed by atoms with E-state index in [0.29, 0.717) is 6.07 Å². The fourth-order valence-corrected chi connectivity index (χ4v) is 2.17. The summed E-state index contributed by atoms with van der Waals surface area (Å²) < 4.78 is 37.8. The van der Waals surface area contributed by atoms with Crippen molar-refractivity contribution in [2.45, 2.75) is 25.4 Å². The molecule has 0 aromatic heterocycles. The van der Waals surface area contributed by atoms with Crippen LogP contribution in [-0.4, -0.2) is 29.2 Å². The molecular formula is C13H15F3N2O2. The quantitative estimate of drug-likeness (QED) is 0.896. The maximum atomic E-state index is 12.6. The Morgan fingerprint density at radius 1 is 1.20 bits per heavy atom. The summed E-state index contributed by atoms with van der Waals surface area (Å²) in [6.07, 6.45) is -1.48. The molecule has 0 spiro atoms. The van der Waals surface area contributed by atoms with Crippen LogP contribution in [0.2, 0.25) is 0 Å². The largest absolute Gasteiger partial charge is 0.478 e. The number of hydrazine groups is 1. The van der Waals surface area contributed by atoms with Crippen molar-refractivity contribution in [1.82, 2.24) is 5.01 Å². The van der Waals surface area contributed by atoms with E-state index in [1.165, 1.54) is 6.07 Å². The van der Waals surface area contributed by atoms with Crippen LogP contribution in [0, 0.1) is 0 Å². The van der Waals surface area contributed by atoms with Gasteiger partial charge in [0.25, 0.3) is 0 Å². The van der Waals surface area contributed by atoms with Gasteiger partial charge in [0, 0.05) is 13.1 Å². The highest BCUT2D eigenvalue weighted by molar-refractivity contribution is 5.94. The molecule has 7 heteroatoms. The van der Waals surface area contributed by atoms with Gasteiger partial charge in [-0.1, -0.05) is 6.42 Å². The van der Waals surface area contributed by atoms with Crippen LogP contribution in [0.25, 0.3) is 0 Å². The average molecular weight is 288 g/mol. The van der Waals surface area contributed by atoms with Crippen molar-refractivity contribution < 1.29 is 23.1 Å². The predicted molar refractivity (Wildman–Crippen MR) is 67.5 cm³/mol. The molecule has 0 unspecified atom stereocenters. The molecule has 20 heavy (non-hydrogen) atoms. The lowest BCUT2D eigenvalue weighted by Crippen LogP contribution is -2.35. The highest BCUT2D eigenvalue weighted by Crippen LogP contribution is 2.32. The molecule has 0 aliphatic carbocycles. The number of benzene rings is 1. The number of anilines is 1. The van der Waals surface area contributed by atoms with Crippen molar-refractivity contribution in [2.75, 3.05) is 18.5 Å². The third-order valence-corrected chi connectivity index (χ3v) is 3.21. The van der Waals surface area contributed by atoms with Gasteiger partial charge >= 0.3 is 12.1 Å². The van der Waals surface area contributed by atoms with Gasteiger partial charge < -0.3 is 10.5 Å². The van der Waals surface area contributed by atoms with Crippen LogP contribution < -0.4 is 5.43 Å². The minimum atomic E-state index is -4.55. The van der Waals surface area contributed by atoms with Gasteiger partial charge in [-0.3, -0.25) is 0 Å². The molecule has 0 amide bonds. The average Bonchev–Trinajstić information content (AvgIpc) is 2.38. The van der Waals surface area contributed by atoms with E-state index < -0.39 is 17.7 Å². The molecule has 1 aromatic carbocycles. The molecule has 1 aromatic rings. The maximum absolute atomic E-state index is 12.6. The van der Waals surface area contributed by atoms with Crippen LogP contribution in [0.15, 0.2) is 18.2 Å². The zero-order chi connectivity index (χ0) is 14.8. The summed E-state index contributed by atoms with van der Waals surface area (Å²) >= 11 is 0. The Morgan fingerprint density at radius 2 is 1.85 bits per heavy atom. The van der Waals surface area contributed by atoms with E-state index in [2.05, 4.69) is 5.43 Å². The molecule has 110 valence electrons. The van der Waals surface area contributed by atoms with Crippen LogP contribution in [0.5, 0.6) is 0 Å². The lowest BCUT2D eigenvalue weighted by molar-refractivity contribution is -0.137. The summed E-state index contributed by atoms with van der Waals surface area (Å²) in [5.74, 6) is -1.38. The van der Waals surface area contributed by atoms with Crippen molar-refractivity contribution in [2.24, 2.45) is 0 Å². The summed E-state index contributed by atoms with van der Waals surface area (Å²) in [6, 6.07) is 2.72. The normalized spacial score (nSPS) is 16.9. The highest BCUT2D eigenvalue weighted by atomic mass is 19.4.